The van der Waals surface area contributed by atoms with Gasteiger partial charge in [-0.3, -0.25) is 9.59 Å². The maximum atomic E-state index is 12.5. The van der Waals surface area contributed by atoms with E-state index in [-0.39, 0.29) is 18.9 Å². The molecule has 0 spiro atoms. The normalized spacial score (nSPS) is 16.4. The number of methoxy groups -OCH3 is 2. The number of hydrogen-bond acceptors (Lipinski definition) is 5. The second-order valence-corrected chi connectivity index (χ2v) is 6.79. The number of halogens is 2. The van der Waals surface area contributed by atoms with Gasteiger partial charge in [0.05, 0.1) is 30.8 Å². The first-order valence-electron chi connectivity index (χ1n) is 8.12. The number of benzene rings is 2. The summed E-state index contributed by atoms with van der Waals surface area (Å²) in [6.07, 6.45) is 0.0339. The standard InChI is InChI=1S/C19H17Cl2NO5/c1-25-16-9-17(26-2)15(8-14(16)21)22-10-11(6-18(22)23)19(24)27-13-5-3-4-12(20)7-13/h3-5,7-9,11H,6,10H2,1-2H3. The average Bonchev–Trinajstić information content (AvgIpc) is 3.03. The van der Waals surface area contributed by atoms with E-state index in [1.54, 1.807) is 36.4 Å². The van der Waals surface area contributed by atoms with Gasteiger partial charge in [0.25, 0.3) is 0 Å². The van der Waals surface area contributed by atoms with Crippen LogP contribution in [0.15, 0.2) is 36.4 Å². The molecular weight excluding hydrogens is 393 g/mol. The molecule has 0 aromatic heterocycles. The Kier molecular flexibility index (Phi) is 5.77. The molecule has 0 radical (unpaired) electrons. The van der Waals surface area contributed by atoms with Crippen LogP contribution in [-0.4, -0.2) is 32.6 Å². The topological polar surface area (TPSA) is 65.1 Å². The lowest BCUT2D eigenvalue weighted by Gasteiger charge is -2.20. The van der Waals surface area contributed by atoms with Gasteiger partial charge >= 0.3 is 5.97 Å². The van der Waals surface area contributed by atoms with E-state index < -0.39 is 11.9 Å². The number of nitrogens with zero attached hydrogens (tertiary/aromatic N) is 1. The third-order valence-electron chi connectivity index (χ3n) is 4.22. The molecule has 142 valence electrons. The first kappa shape index (κ1) is 19.3. The molecule has 8 heteroatoms. The van der Waals surface area contributed by atoms with Crippen LogP contribution in [0.4, 0.5) is 5.69 Å². The number of ether oxygens (including phenoxy) is 3. The van der Waals surface area contributed by atoms with Crippen molar-refractivity contribution in [3.8, 4) is 17.2 Å². The highest BCUT2D eigenvalue weighted by atomic mass is 35.5. The fraction of sp³-hybridized carbons (Fsp3) is 0.263. The van der Waals surface area contributed by atoms with E-state index in [0.29, 0.717) is 33.0 Å². The molecule has 1 atom stereocenters. The van der Waals surface area contributed by atoms with Crippen molar-refractivity contribution in [2.24, 2.45) is 5.92 Å². The number of anilines is 1. The molecule has 0 aliphatic carbocycles. The van der Waals surface area contributed by atoms with Crippen molar-refractivity contribution in [1.29, 1.82) is 0 Å². The fourth-order valence-corrected chi connectivity index (χ4v) is 3.30. The van der Waals surface area contributed by atoms with Crippen molar-refractivity contribution in [1.82, 2.24) is 0 Å². The summed E-state index contributed by atoms with van der Waals surface area (Å²) in [5, 5.41) is 0.799. The summed E-state index contributed by atoms with van der Waals surface area (Å²) in [6, 6.07) is 9.72. The number of carbonyl (C=O) groups is 2. The summed E-state index contributed by atoms with van der Waals surface area (Å²) >= 11 is 12.1. The molecule has 3 rings (SSSR count). The van der Waals surface area contributed by atoms with Crippen LogP contribution >= 0.6 is 23.2 Å². The van der Waals surface area contributed by atoms with Gasteiger partial charge in [-0.2, -0.15) is 0 Å². The molecule has 27 heavy (non-hydrogen) atoms. The second kappa shape index (κ2) is 8.06. The number of hydrogen-bond donors (Lipinski definition) is 0. The third kappa shape index (κ3) is 4.12. The predicted octanol–water partition coefficient (Wildman–Crippen LogP) is 3.97. The Morgan fingerprint density at radius 3 is 2.52 bits per heavy atom. The minimum absolute atomic E-state index is 0.0339. The Balaban J connectivity index is 1.79. The minimum atomic E-state index is -0.609. The van der Waals surface area contributed by atoms with Crippen molar-refractivity contribution >= 4 is 40.8 Å². The maximum absolute atomic E-state index is 12.5. The van der Waals surface area contributed by atoms with Gasteiger partial charge in [0.15, 0.2) is 0 Å². The molecular formula is C19H17Cl2NO5. The number of amides is 1. The van der Waals surface area contributed by atoms with Gasteiger partial charge in [-0.05, 0) is 24.3 Å². The van der Waals surface area contributed by atoms with Crippen LogP contribution in [-0.2, 0) is 9.59 Å². The Labute approximate surface area is 166 Å². The lowest BCUT2D eigenvalue weighted by Crippen LogP contribution is -2.27. The predicted molar refractivity (Wildman–Crippen MR) is 102 cm³/mol. The Hall–Kier alpha value is -2.44. The molecule has 0 N–H and O–H groups in total. The van der Waals surface area contributed by atoms with Crippen LogP contribution in [0.5, 0.6) is 17.2 Å². The van der Waals surface area contributed by atoms with Crippen LogP contribution in [0, 0.1) is 5.92 Å². The molecule has 2 aromatic rings. The van der Waals surface area contributed by atoms with Crippen LogP contribution in [0.2, 0.25) is 10.0 Å². The Bertz CT molecular complexity index is 886. The highest BCUT2D eigenvalue weighted by molar-refractivity contribution is 6.32. The van der Waals surface area contributed by atoms with E-state index in [1.165, 1.54) is 19.1 Å². The largest absolute Gasteiger partial charge is 0.495 e. The van der Waals surface area contributed by atoms with E-state index in [4.69, 9.17) is 37.4 Å². The lowest BCUT2D eigenvalue weighted by molar-refractivity contribution is -0.139. The van der Waals surface area contributed by atoms with Crippen molar-refractivity contribution < 1.29 is 23.8 Å². The van der Waals surface area contributed by atoms with Crippen molar-refractivity contribution in [2.45, 2.75) is 6.42 Å². The van der Waals surface area contributed by atoms with Crippen LogP contribution in [0.25, 0.3) is 0 Å². The van der Waals surface area contributed by atoms with Crippen molar-refractivity contribution in [3.05, 3.63) is 46.4 Å². The summed E-state index contributed by atoms with van der Waals surface area (Å²) in [4.78, 5) is 26.4. The highest BCUT2D eigenvalue weighted by Crippen LogP contribution is 2.40. The van der Waals surface area contributed by atoms with Gasteiger partial charge in [-0.25, -0.2) is 0 Å². The highest BCUT2D eigenvalue weighted by Gasteiger charge is 2.38. The second-order valence-electron chi connectivity index (χ2n) is 5.94. The molecule has 2 aromatic carbocycles. The van der Waals surface area contributed by atoms with E-state index in [2.05, 4.69) is 0 Å². The quantitative estimate of drug-likeness (QED) is 0.552. The zero-order valence-corrected chi connectivity index (χ0v) is 16.2. The molecule has 0 saturated carbocycles. The van der Waals surface area contributed by atoms with Gasteiger partial charge in [-0.15, -0.1) is 0 Å². The molecule has 1 aliphatic rings. The van der Waals surface area contributed by atoms with Gasteiger partial charge in [0, 0.05) is 24.1 Å². The molecule has 1 heterocycles. The summed E-state index contributed by atoms with van der Waals surface area (Å²) in [6.45, 7) is 0.164. The van der Waals surface area contributed by atoms with E-state index in [9.17, 15) is 9.59 Å². The lowest BCUT2D eigenvalue weighted by atomic mass is 10.1. The smallest absolute Gasteiger partial charge is 0.316 e. The molecule has 1 saturated heterocycles. The van der Waals surface area contributed by atoms with Gasteiger partial charge in [0.2, 0.25) is 5.91 Å². The summed E-state index contributed by atoms with van der Waals surface area (Å²) < 4.78 is 15.9. The number of rotatable bonds is 5. The zero-order chi connectivity index (χ0) is 19.6. The summed E-state index contributed by atoms with van der Waals surface area (Å²) in [5.74, 6) is -0.130. The van der Waals surface area contributed by atoms with Crippen molar-refractivity contribution in [3.63, 3.8) is 0 Å². The molecule has 0 bridgehead atoms. The molecule has 1 amide bonds. The van der Waals surface area contributed by atoms with Gasteiger partial charge < -0.3 is 19.1 Å². The summed E-state index contributed by atoms with van der Waals surface area (Å²) in [7, 11) is 2.97. The Morgan fingerprint density at radius 1 is 1.11 bits per heavy atom. The molecule has 6 nitrogen and oxygen atoms in total. The number of carbonyl (C=O) groups excluding carboxylic acids is 2. The summed E-state index contributed by atoms with van der Waals surface area (Å²) in [5.41, 5.74) is 0.478. The van der Waals surface area contributed by atoms with Crippen LogP contribution in [0.1, 0.15) is 6.42 Å². The monoisotopic (exact) mass is 409 g/mol. The molecule has 1 unspecified atom stereocenters. The van der Waals surface area contributed by atoms with Crippen LogP contribution < -0.4 is 19.1 Å². The fourth-order valence-electron chi connectivity index (χ4n) is 2.88. The van der Waals surface area contributed by atoms with E-state index in [0.717, 1.165) is 0 Å². The molecule has 1 aliphatic heterocycles. The third-order valence-corrected chi connectivity index (χ3v) is 4.75. The van der Waals surface area contributed by atoms with Crippen molar-refractivity contribution in [2.75, 3.05) is 25.7 Å². The van der Waals surface area contributed by atoms with Gasteiger partial charge in [0.1, 0.15) is 17.2 Å². The number of esters is 1. The van der Waals surface area contributed by atoms with Crippen LogP contribution in [0.3, 0.4) is 0 Å². The van der Waals surface area contributed by atoms with E-state index in [1.807, 2.05) is 0 Å². The zero-order valence-electron chi connectivity index (χ0n) is 14.7. The van der Waals surface area contributed by atoms with Gasteiger partial charge in [-0.1, -0.05) is 29.3 Å². The molecule has 1 fully saturated rings. The first-order valence-corrected chi connectivity index (χ1v) is 8.87. The maximum Gasteiger partial charge on any atom is 0.316 e. The minimum Gasteiger partial charge on any atom is -0.495 e. The average molecular weight is 410 g/mol. The SMILES string of the molecule is COc1cc(OC)c(N2CC(C(=O)Oc3cccc(Cl)c3)CC2=O)cc1Cl. The Morgan fingerprint density at radius 2 is 1.85 bits per heavy atom. The first-order chi connectivity index (χ1) is 12.9. The van der Waals surface area contributed by atoms with E-state index >= 15 is 0 Å².